The number of sulfonamides is 1. The lowest BCUT2D eigenvalue weighted by Gasteiger charge is -2.16. The molecule has 3 aromatic rings. The first-order valence-corrected chi connectivity index (χ1v) is 11.1. The molecule has 3 rings (SSSR count). The van der Waals surface area contributed by atoms with Crippen molar-refractivity contribution in [2.75, 3.05) is 13.1 Å². The van der Waals surface area contributed by atoms with Gasteiger partial charge in [-0.3, -0.25) is 4.90 Å². The van der Waals surface area contributed by atoms with Crippen LogP contribution in [-0.2, 0) is 23.0 Å². The normalized spacial score (nSPS) is 11.6. The summed E-state index contributed by atoms with van der Waals surface area (Å²) < 4.78 is 39.3. The zero-order valence-corrected chi connectivity index (χ0v) is 17.8. The van der Waals surface area contributed by atoms with E-state index in [1.165, 1.54) is 16.8 Å². The topological polar surface area (TPSA) is 94.1 Å². The highest BCUT2D eigenvalue weighted by molar-refractivity contribution is 7.89. The van der Waals surface area contributed by atoms with Crippen LogP contribution in [0.1, 0.15) is 17.2 Å². The summed E-state index contributed by atoms with van der Waals surface area (Å²) in [5.74, 6) is 0.275. The van der Waals surface area contributed by atoms with Gasteiger partial charge in [-0.15, -0.1) is 18.3 Å². The number of hydrogen-bond acceptors (Lipinski definition) is 5. The van der Waals surface area contributed by atoms with Crippen molar-refractivity contribution in [1.82, 2.24) is 19.7 Å². The van der Waals surface area contributed by atoms with E-state index in [-0.39, 0.29) is 10.6 Å². The second-order valence-electron chi connectivity index (χ2n) is 6.95. The van der Waals surface area contributed by atoms with Crippen molar-refractivity contribution in [2.24, 2.45) is 5.14 Å². The molecule has 2 aromatic carbocycles. The summed E-state index contributed by atoms with van der Waals surface area (Å²) in [5.41, 5.74) is 1.08. The first kappa shape index (κ1) is 22.5. The highest BCUT2D eigenvalue weighted by Gasteiger charge is 2.19. The van der Waals surface area contributed by atoms with Gasteiger partial charge < -0.3 is 0 Å². The minimum absolute atomic E-state index is 0.0936. The van der Waals surface area contributed by atoms with E-state index in [0.29, 0.717) is 37.7 Å². The van der Waals surface area contributed by atoms with Gasteiger partial charge in [0.05, 0.1) is 11.4 Å². The predicted octanol–water partition coefficient (Wildman–Crippen LogP) is 2.82. The van der Waals surface area contributed by atoms with Gasteiger partial charge in [0.15, 0.2) is 5.82 Å². The Kier molecular flexibility index (Phi) is 7.11. The molecule has 0 spiro atoms. The van der Waals surface area contributed by atoms with Gasteiger partial charge in [0.1, 0.15) is 17.3 Å². The maximum Gasteiger partial charge on any atom is 0.238 e. The standard InChI is InChI=1S/C22H24FN5O2S/c1-3-12-27(13-4-2)16-21-25-22(14-17-8-6-5-7-9-17)28(26-21)20-11-10-18(15-19(20)23)31(24,29)30/h3-11,15H,1-2,12-14,16H2,(H2,24,29,30). The Morgan fingerprint density at radius 2 is 1.77 bits per heavy atom. The third-order valence-electron chi connectivity index (χ3n) is 4.54. The number of halogens is 1. The molecule has 0 bridgehead atoms. The van der Waals surface area contributed by atoms with Crippen LogP contribution in [0.5, 0.6) is 0 Å². The van der Waals surface area contributed by atoms with Gasteiger partial charge in [0.2, 0.25) is 10.0 Å². The molecular formula is C22H24FN5O2S. The number of primary sulfonamides is 1. The number of nitrogens with zero attached hydrogens (tertiary/aromatic N) is 4. The molecule has 0 atom stereocenters. The Bertz CT molecular complexity index is 1170. The van der Waals surface area contributed by atoms with E-state index in [9.17, 15) is 12.8 Å². The van der Waals surface area contributed by atoms with Gasteiger partial charge >= 0.3 is 0 Å². The van der Waals surface area contributed by atoms with Crippen molar-refractivity contribution >= 4 is 10.0 Å². The van der Waals surface area contributed by atoms with Gasteiger partial charge in [-0.25, -0.2) is 27.6 Å². The van der Waals surface area contributed by atoms with Crippen molar-refractivity contribution in [3.05, 3.63) is 96.9 Å². The van der Waals surface area contributed by atoms with E-state index in [2.05, 4.69) is 23.2 Å². The number of nitrogens with two attached hydrogens (primary N) is 1. The molecule has 1 aromatic heterocycles. The molecule has 9 heteroatoms. The Labute approximate surface area is 181 Å². The van der Waals surface area contributed by atoms with Crippen LogP contribution in [0.3, 0.4) is 0 Å². The van der Waals surface area contributed by atoms with Crippen LogP contribution in [0.15, 0.2) is 78.7 Å². The molecule has 0 saturated carbocycles. The molecule has 0 aliphatic carbocycles. The van der Waals surface area contributed by atoms with Gasteiger partial charge in [0.25, 0.3) is 0 Å². The largest absolute Gasteiger partial charge is 0.289 e. The molecule has 2 N–H and O–H groups in total. The van der Waals surface area contributed by atoms with Crippen molar-refractivity contribution < 1.29 is 12.8 Å². The lowest BCUT2D eigenvalue weighted by molar-refractivity contribution is 0.319. The molecule has 0 amide bonds. The Morgan fingerprint density at radius 3 is 2.35 bits per heavy atom. The van der Waals surface area contributed by atoms with Crippen molar-refractivity contribution in [3.8, 4) is 5.69 Å². The summed E-state index contributed by atoms with van der Waals surface area (Å²) >= 11 is 0. The molecule has 0 fully saturated rings. The van der Waals surface area contributed by atoms with E-state index in [0.717, 1.165) is 11.6 Å². The smallest absolute Gasteiger partial charge is 0.238 e. The van der Waals surface area contributed by atoms with Crippen LogP contribution in [0.25, 0.3) is 5.69 Å². The highest BCUT2D eigenvalue weighted by Crippen LogP contribution is 2.20. The average Bonchev–Trinajstić information content (AvgIpc) is 3.10. The molecule has 0 unspecified atom stereocenters. The van der Waals surface area contributed by atoms with Gasteiger partial charge in [-0.2, -0.15) is 0 Å². The SMILES string of the molecule is C=CCN(CC=C)Cc1nc(Cc2ccccc2)n(-c2ccc(S(N)(=O)=O)cc2F)n1. The van der Waals surface area contributed by atoms with Gasteiger partial charge in [0, 0.05) is 19.5 Å². The summed E-state index contributed by atoms with van der Waals surface area (Å²) in [6, 6.07) is 13.1. The fraction of sp³-hybridized carbons (Fsp3) is 0.182. The van der Waals surface area contributed by atoms with Crippen LogP contribution in [0.2, 0.25) is 0 Å². The average molecular weight is 442 g/mol. The van der Waals surface area contributed by atoms with Crippen molar-refractivity contribution in [2.45, 2.75) is 17.9 Å². The second-order valence-corrected chi connectivity index (χ2v) is 8.51. The Hall–Kier alpha value is -3.14. The van der Waals surface area contributed by atoms with E-state index < -0.39 is 15.8 Å². The molecule has 1 heterocycles. The summed E-state index contributed by atoms with van der Waals surface area (Å²) in [7, 11) is -4.02. The lowest BCUT2D eigenvalue weighted by Crippen LogP contribution is -2.24. The first-order chi connectivity index (χ1) is 14.8. The maximum absolute atomic E-state index is 14.9. The van der Waals surface area contributed by atoms with E-state index in [4.69, 9.17) is 5.14 Å². The molecule has 0 radical (unpaired) electrons. The van der Waals surface area contributed by atoms with E-state index >= 15 is 0 Å². The minimum atomic E-state index is -4.02. The monoisotopic (exact) mass is 441 g/mol. The molecule has 7 nitrogen and oxygen atoms in total. The van der Waals surface area contributed by atoms with Gasteiger partial charge in [-0.1, -0.05) is 42.5 Å². The Balaban J connectivity index is 2.03. The maximum atomic E-state index is 14.9. The van der Waals surface area contributed by atoms with Crippen LogP contribution in [0, 0.1) is 5.82 Å². The van der Waals surface area contributed by atoms with E-state index in [1.807, 2.05) is 35.2 Å². The third kappa shape index (κ3) is 5.72. The van der Waals surface area contributed by atoms with E-state index in [1.54, 1.807) is 12.2 Å². The Morgan fingerprint density at radius 1 is 1.10 bits per heavy atom. The number of hydrogen-bond donors (Lipinski definition) is 1. The van der Waals surface area contributed by atoms with Crippen molar-refractivity contribution in [1.29, 1.82) is 0 Å². The van der Waals surface area contributed by atoms with Crippen LogP contribution >= 0.6 is 0 Å². The molecule has 31 heavy (non-hydrogen) atoms. The van der Waals surface area contributed by atoms with Crippen LogP contribution < -0.4 is 5.14 Å². The number of benzene rings is 2. The lowest BCUT2D eigenvalue weighted by atomic mass is 10.1. The predicted molar refractivity (Wildman–Crippen MR) is 118 cm³/mol. The zero-order chi connectivity index (χ0) is 22.4. The molecule has 0 aliphatic heterocycles. The molecule has 162 valence electrons. The highest BCUT2D eigenvalue weighted by atomic mass is 32.2. The first-order valence-electron chi connectivity index (χ1n) is 9.57. The second kappa shape index (κ2) is 9.78. The summed E-state index contributed by atoms with van der Waals surface area (Å²) in [6.07, 6.45) is 3.97. The van der Waals surface area contributed by atoms with Crippen molar-refractivity contribution in [3.63, 3.8) is 0 Å². The fourth-order valence-electron chi connectivity index (χ4n) is 3.15. The van der Waals surface area contributed by atoms with Crippen LogP contribution in [0.4, 0.5) is 4.39 Å². The third-order valence-corrected chi connectivity index (χ3v) is 5.45. The summed E-state index contributed by atoms with van der Waals surface area (Å²) in [6.45, 7) is 9.17. The number of aromatic nitrogens is 3. The van der Waals surface area contributed by atoms with Crippen LogP contribution in [-0.4, -0.2) is 41.2 Å². The quantitative estimate of drug-likeness (QED) is 0.488. The van der Waals surface area contributed by atoms with Gasteiger partial charge in [-0.05, 0) is 23.8 Å². The summed E-state index contributed by atoms with van der Waals surface area (Å²) in [4.78, 5) is 6.36. The molecule has 0 saturated heterocycles. The molecular weight excluding hydrogens is 417 g/mol. The minimum Gasteiger partial charge on any atom is -0.289 e. The summed E-state index contributed by atoms with van der Waals surface area (Å²) in [5, 5.41) is 9.62. The fourth-order valence-corrected chi connectivity index (χ4v) is 3.68. The molecule has 0 aliphatic rings. The zero-order valence-electron chi connectivity index (χ0n) is 17.0. The number of rotatable bonds is 10.